The van der Waals surface area contributed by atoms with Gasteiger partial charge in [-0.15, -0.1) is 0 Å². The lowest BCUT2D eigenvalue weighted by Crippen LogP contribution is -2.44. The third-order valence-corrected chi connectivity index (χ3v) is 4.94. The van der Waals surface area contributed by atoms with E-state index in [2.05, 4.69) is 13.8 Å². The third kappa shape index (κ3) is 3.10. The molecule has 1 heterocycles. The Kier molecular flexibility index (Phi) is 4.48. The number of nitrogens with zero attached hydrogens (tertiary/aromatic N) is 1. The average molecular weight is 267 g/mol. The first-order valence-electron chi connectivity index (χ1n) is 7.52. The molecule has 0 radical (unpaired) electrons. The zero-order valence-corrected chi connectivity index (χ0v) is 12.0. The van der Waals surface area contributed by atoms with E-state index in [0.717, 1.165) is 38.8 Å². The van der Waals surface area contributed by atoms with Gasteiger partial charge in [-0.05, 0) is 37.5 Å². The van der Waals surface area contributed by atoms with Crippen LogP contribution in [-0.2, 0) is 9.59 Å². The molecule has 2 fully saturated rings. The molecule has 19 heavy (non-hydrogen) atoms. The summed E-state index contributed by atoms with van der Waals surface area (Å²) >= 11 is 0. The van der Waals surface area contributed by atoms with Crippen LogP contribution in [0.25, 0.3) is 0 Å². The number of hydrogen-bond donors (Lipinski definition) is 1. The number of carboxylic acid groups (broad SMARTS) is 1. The Labute approximate surface area is 115 Å². The van der Waals surface area contributed by atoms with E-state index >= 15 is 0 Å². The molecule has 4 nitrogen and oxygen atoms in total. The van der Waals surface area contributed by atoms with Crippen LogP contribution in [-0.4, -0.2) is 35.0 Å². The van der Waals surface area contributed by atoms with Crippen LogP contribution in [0.3, 0.4) is 0 Å². The van der Waals surface area contributed by atoms with Crippen molar-refractivity contribution in [3.05, 3.63) is 0 Å². The normalized spacial score (nSPS) is 28.9. The van der Waals surface area contributed by atoms with Gasteiger partial charge in [-0.3, -0.25) is 9.59 Å². The highest BCUT2D eigenvalue weighted by Gasteiger charge is 2.40. The average Bonchev–Trinajstić information content (AvgIpc) is 2.87. The van der Waals surface area contributed by atoms with E-state index in [1.165, 1.54) is 0 Å². The molecule has 1 amide bonds. The molecule has 0 aromatic rings. The molecule has 2 unspecified atom stereocenters. The first-order valence-corrected chi connectivity index (χ1v) is 7.52. The molecule has 1 N–H and O–H groups in total. The SMILES string of the molecule is CC(C)C1CCN(C(=O)C2CCCC2C(=O)O)CC1. The lowest BCUT2D eigenvalue weighted by molar-refractivity contribution is -0.149. The maximum atomic E-state index is 12.5. The summed E-state index contributed by atoms with van der Waals surface area (Å²) in [4.78, 5) is 25.5. The number of carbonyl (C=O) groups is 2. The molecule has 1 aliphatic carbocycles. The van der Waals surface area contributed by atoms with E-state index in [1.807, 2.05) is 4.90 Å². The topological polar surface area (TPSA) is 57.6 Å². The van der Waals surface area contributed by atoms with Gasteiger partial charge in [0.05, 0.1) is 11.8 Å². The highest BCUT2D eigenvalue weighted by molar-refractivity contribution is 5.85. The fourth-order valence-corrected chi connectivity index (χ4v) is 3.57. The van der Waals surface area contributed by atoms with Crippen molar-refractivity contribution in [3.63, 3.8) is 0 Å². The van der Waals surface area contributed by atoms with Crippen LogP contribution in [0.1, 0.15) is 46.0 Å². The van der Waals surface area contributed by atoms with Gasteiger partial charge < -0.3 is 10.0 Å². The van der Waals surface area contributed by atoms with Gasteiger partial charge in [0.2, 0.25) is 5.91 Å². The number of carbonyl (C=O) groups excluding carboxylic acids is 1. The predicted octanol–water partition coefficient (Wildman–Crippen LogP) is 2.38. The summed E-state index contributed by atoms with van der Waals surface area (Å²) in [6, 6.07) is 0. The van der Waals surface area contributed by atoms with Crippen molar-refractivity contribution in [2.45, 2.75) is 46.0 Å². The van der Waals surface area contributed by atoms with Crippen LogP contribution in [0.4, 0.5) is 0 Å². The molecule has 2 aliphatic rings. The quantitative estimate of drug-likeness (QED) is 0.854. The van der Waals surface area contributed by atoms with Gasteiger partial charge in [0.25, 0.3) is 0 Å². The molecule has 1 saturated carbocycles. The summed E-state index contributed by atoms with van der Waals surface area (Å²) in [7, 11) is 0. The number of hydrogen-bond acceptors (Lipinski definition) is 2. The van der Waals surface area contributed by atoms with E-state index in [-0.39, 0.29) is 11.8 Å². The first-order chi connectivity index (χ1) is 9.00. The van der Waals surface area contributed by atoms with Crippen molar-refractivity contribution < 1.29 is 14.7 Å². The second-order valence-corrected chi connectivity index (χ2v) is 6.39. The van der Waals surface area contributed by atoms with E-state index in [0.29, 0.717) is 18.3 Å². The molecular weight excluding hydrogens is 242 g/mol. The Morgan fingerprint density at radius 1 is 1.05 bits per heavy atom. The smallest absolute Gasteiger partial charge is 0.307 e. The summed E-state index contributed by atoms with van der Waals surface area (Å²) in [5, 5.41) is 9.18. The van der Waals surface area contributed by atoms with Crippen LogP contribution in [0, 0.1) is 23.7 Å². The Bertz CT molecular complexity index is 345. The molecule has 0 aromatic carbocycles. The summed E-state index contributed by atoms with van der Waals surface area (Å²) in [6.45, 7) is 6.09. The fraction of sp³-hybridized carbons (Fsp3) is 0.867. The monoisotopic (exact) mass is 267 g/mol. The van der Waals surface area contributed by atoms with E-state index in [1.54, 1.807) is 0 Å². The minimum Gasteiger partial charge on any atom is -0.481 e. The van der Waals surface area contributed by atoms with E-state index < -0.39 is 11.9 Å². The lowest BCUT2D eigenvalue weighted by Gasteiger charge is -2.35. The van der Waals surface area contributed by atoms with Gasteiger partial charge in [0.15, 0.2) is 0 Å². The number of aliphatic carboxylic acids is 1. The molecule has 4 heteroatoms. The Hall–Kier alpha value is -1.06. The molecule has 1 aliphatic heterocycles. The summed E-state index contributed by atoms with van der Waals surface area (Å²) in [5.74, 6) is -0.0400. The summed E-state index contributed by atoms with van der Waals surface area (Å²) in [6.07, 6.45) is 4.41. The number of carboxylic acids is 1. The van der Waals surface area contributed by atoms with Gasteiger partial charge in [0.1, 0.15) is 0 Å². The molecule has 2 rings (SSSR count). The van der Waals surface area contributed by atoms with Gasteiger partial charge in [-0.25, -0.2) is 0 Å². The van der Waals surface area contributed by atoms with E-state index in [9.17, 15) is 14.7 Å². The second kappa shape index (κ2) is 5.93. The number of rotatable bonds is 3. The number of amides is 1. The van der Waals surface area contributed by atoms with Crippen molar-refractivity contribution in [2.75, 3.05) is 13.1 Å². The number of likely N-dealkylation sites (tertiary alicyclic amines) is 1. The van der Waals surface area contributed by atoms with Crippen LogP contribution in [0.5, 0.6) is 0 Å². The standard InChI is InChI=1S/C15H25NO3/c1-10(2)11-6-8-16(9-7-11)14(17)12-4-3-5-13(12)15(18)19/h10-13H,3-9H2,1-2H3,(H,18,19). The zero-order chi connectivity index (χ0) is 14.0. The zero-order valence-electron chi connectivity index (χ0n) is 12.0. The van der Waals surface area contributed by atoms with Crippen LogP contribution < -0.4 is 0 Å². The van der Waals surface area contributed by atoms with Crippen molar-refractivity contribution in [3.8, 4) is 0 Å². The molecule has 0 aromatic heterocycles. The predicted molar refractivity (Wildman–Crippen MR) is 72.6 cm³/mol. The van der Waals surface area contributed by atoms with Crippen LogP contribution in [0.15, 0.2) is 0 Å². The molecule has 108 valence electrons. The summed E-state index contributed by atoms with van der Waals surface area (Å²) in [5.41, 5.74) is 0. The van der Waals surface area contributed by atoms with Crippen molar-refractivity contribution in [1.82, 2.24) is 4.90 Å². The van der Waals surface area contributed by atoms with Gasteiger partial charge in [-0.1, -0.05) is 20.3 Å². The Morgan fingerprint density at radius 2 is 1.63 bits per heavy atom. The maximum Gasteiger partial charge on any atom is 0.307 e. The minimum absolute atomic E-state index is 0.0899. The van der Waals surface area contributed by atoms with Crippen molar-refractivity contribution >= 4 is 11.9 Å². The molecule has 0 spiro atoms. The largest absolute Gasteiger partial charge is 0.481 e. The molecule has 1 saturated heterocycles. The maximum absolute atomic E-state index is 12.5. The third-order valence-electron chi connectivity index (χ3n) is 4.94. The van der Waals surface area contributed by atoms with Gasteiger partial charge >= 0.3 is 5.97 Å². The highest BCUT2D eigenvalue weighted by atomic mass is 16.4. The minimum atomic E-state index is -0.798. The molecule has 0 bridgehead atoms. The fourth-order valence-electron chi connectivity index (χ4n) is 3.57. The lowest BCUT2D eigenvalue weighted by atomic mass is 9.86. The number of piperidine rings is 1. The van der Waals surface area contributed by atoms with Crippen LogP contribution in [0.2, 0.25) is 0 Å². The van der Waals surface area contributed by atoms with Crippen LogP contribution >= 0.6 is 0 Å². The second-order valence-electron chi connectivity index (χ2n) is 6.39. The highest BCUT2D eigenvalue weighted by Crippen LogP contribution is 2.34. The van der Waals surface area contributed by atoms with Gasteiger partial charge in [0, 0.05) is 13.1 Å². The summed E-state index contributed by atoms with van der Waals surface area (Å²) < 4.78 is 0. The Balaban J connectivity index is 1.92. The van der Waals surface area contributed by atoms with Crippen molar-refractivity contribution in [2.24, 2.45) is 23.7 Å². The van der Waals surface area contributed by atoms with Crippen molar-refractivity contribution in [1.29, 1.82) is 0 Å². The molecule has 2 atom stereocenters. The van der Waals surface area contributed by atoms with Gasteiger partial charge in [-0.2, -0.15) is 0 Å². The molecular formula is C15H25NO3. The first kappa shape index (κ1) is 14.4. The van der Waals surface area contributed by atoms with E-state index in [4.69, 9.17) is 0 Å². The Morgan fingerprint density at radius 3 is 2.16 bits per heavy atom.